The molecule has 0 saturated carbocycles. The molecule has 0 atom stereocenters. The van der Waals surface area contributed by atoms with E-state index in [1.54, 1.807) is 18.2 Å². The summed E-state index contributed by atoms with van der Waals surface area (Å²) in [5.74, 6) is -2.02. The number of thioether (sulfide) groups is 1. The summed E-state index contributed by atoms with van der Waals surface area (Å²) < 4.78 is 6.14. The number of amides is 1. The van der Waals surface area contributed by atoms with Gasteiger partial charge in [-0.2, -0.15) is 0 Å². The number of furan rings is 1. The lowest BCUT2D eigenvalue weighted by atomic mass is 10.0. The molecule has 27 heavy (non-hydrogen) atoms. The molecule has 3 rings (SSSR count). The molecule has 2 heterocycles. The molecule has 2 N–H and O–H groups in total. The highest BCUT2D eigenvalue weighted by molar-refractivity contribution is 8.26. The van der Waals surface area contributed by atoms with Crippen LogP contribution in [0.1, 0.15) is 33.4 Å². The fourth-order valence-corrected chi connectivity index (χ4v) is 3.87. The van der Waals surface area contributed by atoms with Crippen molar-refractivity contribution in [3.8, 4) is 11.3 Å². The molecule has 0 bridgehead atoms. The Bertz CT molecular complexity index is 975. The largest absolute Gasteiger partial charge is 0.478 e. The van der Waals surface area contributed by atoms with Gasteiger partial charge in [0.2, 0.25) is 0 Å². The predicted octanol–water partition coefficient (Wildman–Crippen LogP) is 3.56. The van der Waals surface area contributed by atoms with E-state index in [9.17, 15) is 14.4 Å². The minimum atomic E-state index is -1.24. The third-order valence-electron chi connectivity index (χ3n) is 3.80. The maximum Gasteiger partial charge on any atom is 0.335 e. The van der Waals surface area contributed by atoms with Crippen molar-refractivity contribution in [2.45, 2.75) is 6.92 Å². The normalized spacial score (nSPS) is 15.6. The van der Waals surface area contributed by atoms with Crippen LogP contribution in [0.5, 0.6) is 0 Å². The summed E-state index contributed by atoms with van der Waals surface area (Å²) >= 11 is 6.33. The van der Waals surface area contributed by atoms with Crippen LogP contribution in [-0.2, 0) is 4.79 Å². The molecule has 1 aliphatic rings. The van der Waals surface area contributed by atoms with Crippen LogP contribution in [0.25, 0.3) is 17.4 Å². The molecule has 0 spiro atoms. The Balaban J connectivity index is 1.96. The van der Waals surface area contributed by atoms with Crippen LogP contribution in [0, 0.1) is 0 Å². The minimum Gasteiger partial charge on any atom is -0.478 e. The number of thiocarbonyl (C=S) groups is 1. The number of nitrogens with zero attached hydrogens (tertiary/aromatic N) is 1. The van der Waals surface area contributed by atoms with Crippen LogP contribution in [0.15, 0.2) is 39.7 Å². The van der Waals surface area contributed by atoms with Crippen molar-refractivity contribution in [3.05, 3.63) is 52.1 Å². The summed E-state index contributed by atoms with van der Waals surface area (Å²) in [6.45, 7) is 2.31. The Morgan fingerprint density at radius 2 is 1.81 bits per heavy atom. The quantitative estimate of drug-likeness (QED) is 0.576. The van der Waals surface area contributed by atoms with Gasteiger partial charge in [0.25, 0.3) is 5.91 Å². The maximum atomic E-state index is 12.2. The smallest absolute Gasteiger partial charge is 0.335 e. The zero-order valence-electron chi connectivity index (χ0n) is 14.0. The number of hydrogen-bond donors (Lipinski definition) is 2. The van der Waals surface area contributed by atoms with Gasteiger partial charge in [-0.15, -0.1) is 0 Å². The Kier molecular flexibility index (Phi) is 5.15. The summed E-state index contributed by atoms with van der Waals surface area (Å²) in [6.07, 6.45) is 1.55. The molecule has 0 unspecified atom stereocenters. The summed E-state index contributed by atoms with van der Waals surface area (Å²) in [5.41, 5.74) is -0.00797. The average molecular weight is 403 g/mol. The van der Waals surface area contributed by atoms with Gasteiger partial charge in [0.1, 0.15) is 15.8 Å². The van der Waals surface area contributed by atoms with E-state index in [1.165, 1.54) is 28.8 Å². The zero-order chi connectivity index (χ0) is 19.7. The third-order valence-corrected chi connectivity index (χ3v) is 5.18. The first kappa shape index (κ1) is 18.9. The standard InChI is InChI=1S/C18H13NO6S2/c1-2-19-15(20)14(27-18(19)26)8-12-3-4-13(25-12)9-5-10(16(21)22)7-11(6-9)17(23)24/h3-8H,2H2,1H3,(H,21,22)(H,23,24)/b14-8-. The molecule has 0 aliphatic carbocycles. The molecule has 7 nitrogen and oxygen atoms in total. The fraction of sp³-hybridized carbons (Fsp3) is 0.111. The van der Waals surface area contributed by atoms with Crippen molar-refractivity contribution >= 4 is 52.2 Å². The SMILES string of the molecule is CCN1C(=O)/C(=C/c2ccc(-c3cc(C(=O)O)cc(C(=O)O)c3)o2)SC1=S. The summed E-state index contributed by atoms with van der Waals surface area (Å²) in [6, 6.07) is 6.93. The molecule has 1 amide bonds. The lowest BCUT2D eigenvalue weighted by molar-refractivity contribution is -0.122. The number of carboxylic acids is 2. The molecule has 1 aromatic carbocycles. The van der Waals surface area contributed by atoms with Gasteiger partial charge in [-0.1, -0.05) is 24.0 Å². The monoisotopic (exact) mass is 403 g/mol. The van der Waals surface area contributed by atoms with Gasteiger partial charge in [0.15, 0.2) is 0 Å². The van der Waals surface area contributed by atoms with E-state index in [0.29, 0.717) is 27.1 Å². The van der Waals surface area contributed by atoms with Gasteiger partial charge in [0, 0.05) is 18.2 Å². The van der Waals surface area contributed by atoms with Crippen LogP contribution in [0.2, 0.25) is 0 Å². The topological polar surface area (TPSA) is 108 Å². The van der Waals surface area contributed by atoms with Crippen molar-refractivity contribution in [2.24, 2.45) is 0 Å². The van der Waals surface area contributed by atoms with Gasteiger partial charge in [0.05, 0.1) is 16.0 Å². The number of carboxylic acid groups (broad SMARTS) is 2. The number of aromatic carboxylic acids is 2. The molecule has 1 aliphatic heterocycles. The highest BCUT2D eigenvalue weighted by atomic mass is 32.2. The molecule has 1 fully saturated rings. The van der Waals surface area contributed by atoms with Crippen LogP contribution in [0.3, 0.4) is 0 Å². The summed E-state index contributed by atoms with van der Waals surface area (Å²) in [4.78, 5) is 36.6. The molecule has 0 radical (unpaired) electrons. The highest BCUT2D eigenvalue weighted by Gasteiger charge is 2.30. The minimum absolute atomic E-state index is 0.160. The zero-order valence-corrected chi connectivity index (χ0v) is 15.6. The second-order valence-electron chi connectivity index (χ2n) is 5.54. The molecule has 1 saturated heterocycles. The van der Waals surface area contributed by atoms with E-state index in [4.69, 9.17) is 26.8 Å². The van der Waals surface area contributed by atoms with Crippen LogP contribution in [-0.4, -0.2) is 43.8 Å². The summed E-state index contributed by atoms with van der Waals surface area (Å²) in [5, 5.41) is 18.3. The van der Waals surface area contributed by atoms with Crippen LogP contribution < -0.4 is 0 Å². The van der Waals surface area contributed by atoms with Gasteiger partial charge in [-0.05, 0) is 37.3 Å². The fourth-order valence-electron chi connectivity index (χ4n) is 2.50. The number of rotatable bonds is 5. The first-order valence-electron chi connectivity index (χ1n) is 7.77. The Hall–Kier alpha value is -2.91. The number of carbonyl (C=O) groups excluding carboxylic acids is 1. The van der Waals surface area contributed by atoms with Crippen LogP contribution >= 0.6 is 24.0 Å². The van der Waals surface area contributed by atoms with Gasteiger partial charge >= 0.3 is 11.9 Å². The van der Waals surface area contributed by atoms with Gasteiger partial charge < -0.3 is 14.6 Å². The second-order valence-corrected chi connectivity index (χ2v) is 7.21. The third kappa shape index (κ3) is 3.79. The maximum absolute atomic E-state index is 12.2. The molecule has 9 heteroatoms. The number of carbonyl (C=O) groups is 3. The van der Waals surface area contributed by atoms with E-state index in [1.807, 2.05) is 6.92 Å². The van der Waals surface area contributed by atoms with E-state index < -0.39 is 11.9 Å². The van der Waals surface area contributed by atoms with Crippen molar-refractivity contribution in [2.75, 3.05) is 6.54 Å². The molecular weight excluding hydrogens is 390 g/mol. The van der Waals surface area contributed by atoms with Crippen molar-refractivity contribution < 1.29 is 29.0 Å². The predicted molar refractivity (Wildman–Crippen MR) is 104 cm³/mol. The van der Waals surface area contributed by atoms with Crippen molar-refractivity contribution in [1.82, 2.24) is 4.90 Å². The molecular formula is C18H13NO6S2. The Morgan fingerprint density at radius 1 is 1.19 bits per heavy atom. The molecule has 2 aromatic rings. The van der Waals surface area contributed by atoms with E-state index in [2.05, 4.69) is 0 Å². The number of likely N-dealkylation sites (N-methyl/N-ethyl adjacent to an activating group) is 1. The Labute approximate surface area is 163 Å². The Morgan fingerprint density at radius 3 is 2.33 bits per heavy atom. The first-order chi connectivity index (χ1) is 12.8. The van der Waals surface area contributed by atoms with Gasteiger partial charge in [-0.3, -0.25) is 9.69 Å². The average Bonchev–Trinajstić information content (AvgIpc) is 3.19. The highest BCUT2D eigenvalue weighted by Crippen LogP contribution is 2.33. The van der Waals surface area contributed by atoms with E-state index in [0.717, 1.165) is 6.07 Å². The number of benzene rings is 1. The lowest BCUT2D eigenvalue weighted by Crippen LogP contribution is -2.27. The molecule has 138 valence electrons. The van der Waals surface area contributed by atoms with Crippen molar-refractivity contribution in [3.63, 3.8) is 0 Å². The van der Waals surface area contributed by atoms with E-state index >= 15 is 0 Å². The summed E-state index contributed by atoms with van der Waals surface area (Å²) in [7, 11) is 0. The van der Waals surface area contributed by atoms with E-state index in [-0.39, 0.29) is 22.8 Å². The van der Waals surface area contributed by atoms with Gasteiger partial charge in [-0.25, -0.2) is 9.59 Å². The first-order valence-corrected chi connectivity index (χ1v) is 9.00. The lowest BCUT2D eigenvalue weighted by Gasteiger charge is -2.09. The van der Waals surface area contributed by atoms with Crippen LogP contribution in [0.4, 0.5) is 0 Å². The second kappa shape index (κ2) is 7.37. The van der Waals surface area contributed by atoms with Crippen molar-refractivity contribution in [1.29, 1.82) is 0 Å². The number of hydrogen-bond acceptors (Lipinski definition) is 6. The molecule has 1 aromatic heterocycles.